The Hall–Kier alpha value is -7.70. The summed E-state index contributed by atoms with van der Waals surface area (Å²) in [7, 11) is 0. The van der Waals surface area contributed by atoms with E-state index in [1.807, 2.05) is 66.9 Å². The predicted octanol–water partition coefficient (Wildman–Crippen LogP) is 12.6. The highest BCUT2D eigenvalue weighted by atomic mass is 16.3. The molecule has 0 spiro atoms. The minimum Gasteiger partial charge on any atom is -0.455 e. The molecule has 56 heavy (non-hydrogen) atoms. The van der Waals surface area contributed by atoms with E-state index in [0.717, 1.165) is 88.4 Å². The van der Waals surface area contributed by atoms with E-state index in [0.29, 0.717) is 17.5 Å². The Morgan fingerprint density at radius 3 is 1.79 bits per heavy atom. The summed E-state index contributed by atoms with van der Waals surface area (Å²) >= 11 is 0. The average Bonchev–Trinajstić information content (AvgIpc) is 3.83. The SMILES string of the molecule is c1ccc(-c2nc(-c3ccc(-c4ccc5c(c4)c4c6oc7ccccc7c6ccc4n5-c4ccccc4)cc3)nc(-c3cccc(-c4cccnc4)c3)n2)cc1. The van der Waals surface area contributed by atoms with Crippen molar-refractivity contribution in [2.75, 3.05) is 0 Å². The van der Waals surface area contributed by atoms with Gasteiger partial charge >= 0.3 is 0 Å². The summed E-state index contributed by atoms with van der Waals surface area (Å²) in [5.41, 5.74) is 12.2. The van der Waals surface area contributed by atoms with Crippen LogP contribution in [0.2, 0.25) is 0 Å². The molecule has 4 heterocycles. The zero-order valence-corrected chi connectivity index (χ0v) is 30.0. The minimum absolute atomic E-state index is 0.612. The molecule has 0 fully saturated rings. The summed E-state index contributed by atoms with van der Waals surface area (Å²) in [6.45, 7) is 0. The average molecular weight is 718 g/mol. The van der Waals surface area contributed by atoms with Gasteiger partial charge in [-0.15, -0.1) is 0 Å². The number of hydrogen-bond acceptors (Lipinski definition) is 5. The summed E-state index contributed by atoms with van der Waals surface area (Å²) in [4.78, 5) is 19.3. The second-order valence-electron chi connectivity index (χ2n) is 13.9. The maximum absolute atomic E-state index is 6.61. The summed E-state index contributed by atoms with van der Waals surface area (Å²) < 4.78 is 8.94. The molecule has 4 aromatic heterocycles. The van der Waals surface area contributed by atoms with Gasteiger partial charge in [-0.2, -0.15) is 0 Å². The fraction of sp³-hybridized carbons (Fsp3) is 0. The minimum atomic E-state index is 0.612. The molecule has 0 unspecified atom stereocenters. The molecule has 262 valence electrons. The summed E-state index contributed by atoms with van der Waals surface area (Å²) in [6.07, 6.45) is 3.65. The topological polar surface area (TPSA) is 69.6 Å². The van der Waals surface area contributed by atoms with Gasteiger partial charge in [0.2, 0.25) is 0 Å². The molecule has 0 N–H and O–H groups in total. The van der Waals surface area contributed by atoms with Crippen LogP contribution in [0.15, 0.2) is 193 Å². The molecule has 0 aliphatic heterocycles. The molecule has 0 amide bonds. The fourth-order valence-electron chi connectivity index (χ4n) is 7.85. The van der Waals surface area contributed by atoms with Crippen molar-refractivity contribution in [1.82, 2.24) is 24.5 Å². The Bertz CT molecular complexity index is 3230. The van der Waals surface area contributed by atoms with E-state index in [9.17, 15) is 0 Å². The highest BCUT2D eigenvalue weighted by Gasteiger charge is 2.20. The molecule has 7 aromatic carbocycles. The van der Waals surface area contributed by atoms with Gasteiger partial charge in [0.25, 0.3) is 0 Å². The molecule has 6 heteroatoms. The predicted molar refractivity (Wildman–Crippen MR) is 226 cm³/mol. The van der Waals surface area contributed by atoms with Crippen LogP contribution in [0.3, 0.4) is 0 Å². The maximum atomic E-state index is 6.61. The molecule has 11 rings (SSSR count). The molecule has 11 aromatic rings. The number of benzene rings is 7. The zero-order chi connectivity index (χ0) is 37.0. The number of furan rings is 1. The Labute approximate surface area is 322 Å². The number of hydrogen-bond donors (Lipinski definition) is 0. The van der Waals surface area contributed by atoms with Crippen molar-refractivity contribution in [3.05, 3.63) is 188 Å². The van der Waals surface area contributed by atoms with Gasteiger partial charge in [-0.1, -0.05) is 121 Å². The van der Waals surface area contributed by atoms with Gasteiger partial charge in [-0.25, -0.2) is 15.0 Å². The normalized spacial score (nSPS) is 11.6. The van der Waals surface area contributed by atoms with Gasteiger partial charge < -0.3 is 8.98 Å². The van der Waals surface area contributed by atoms with Gasteiger partial charge in [-0.05, 0) is 71.3 Å². The first-order chi connectivity index (χ1) is 27.7. The monoisotopic (exact) mass is 717 g/mol. The molecule has 0 aliphatic rings. The number of pyridine rings is 1. The standard InChI is InChI=1S/C50H31N5O/c1-3-11-33(12-4-1)48-52-49(54-50(53-48)37-14-9-13-35(29-37)38-15-10-28-51-31-38)34-22-20-32(21-23-34)36-24-26-43-42(30-36)46-44(55(43)39-16-5-2-6-17-39)27-25-41-40-18-7-8-19-45(40)56-47(41)46/h1-31H. The number of para-hydroxylation sites is 2. The first kappa shape index (κ1) is 31.8. The van der Waals surface area contributed by atoms with Gasteiger partial charge in [0.05, 0.1) is 16.4 Å². The Morgan fingerprint density at radius 2 is 1.00 bits per heavy atom. The molecule has 6 nitrogen and oxygen atoms in total. The summed E-state index contributed by atoms with van der Waals surface area (Å²) in [5, 5.41) is 4.48. The molecular weight excluding hydrogens is 687 g/mol. The molecule has 0 bridgehead atoms. The Balaban J connectivity index is 1.03. The third-order valence-corrected chi connectivity index (χ3v) is 10.5. The van der Waals surface area contributed by atoms with E-state index >= 15 is 0 Å². The van der Waals surface area contributed by atoms with Crippen molar-refractivity contribution < 1.29 is 4.42 Å². The number of fused-ring (bicyclic) bond motifs is 7. The van der Waals surface area contributed by atoms with Crippen molar-refractivity contribution in [2.24, 2.45) is 0 Å². The van der Waals surface area contributed by atoms with E-state index < -0.39 is 0 Å². The third kappa shape index (κ3) is 5.35. The highest BCUT2D eigenvalue weighted by molar-refractivity contribution is 6.24. The number of nitrogens with zero attached hydrogens (tertiary/aromatic N) is 5. The summed E-state index contributed by atoms with van der Waals surface area (Å²) in [6, 6.07) is 60.8. The Kier molecular flexibility index (Phi) is 7.38. The molecule has 0 aliphatic carbocycles. The van der Waals surface area contributed by atoms with Crippen LogP contribution >= 0.6 is 0 Å². The van der Waals surface area contributed by atoms with Crippen LogP contribution in [-0.2, 0) is 0 Å². The second-order valence-corrected chi connectivity index (χ2v) is 13.9. The lowest BCUT2D eigenvalue weighted by molar-refractivity contribution is 0.673. The van der Waals surface area contributed by atoms with Crippen molar-refractivity contribution in [2.45, 2.75) is 0 Å². The van der Waals surface area contributed by atoms with E-state index in [1.54, 1.807) is 6.20 Å². The lowest BCUT2D eigenvalue weighted by atomic mass is 10.0. The van der Waals surface area contributed by atoms with Gasteiger partial charge in [0, 0.05) is 56.5 Å². The van der Waals surface area contributed by atoms with E-state index in [4.69, 9.17) is 19.4 Å². The quantitative estimate of drug-likeness (QED) is 0.171. The summed E-state index contributed by atoms with van der Waals surface area (Å²) in [5.74, 6) is 1.85. The first-order valence-electron chi connectivity index (χ1n) is 18.6. The molecule has 0 saturated heterocycles. The highest BCUT2D eigenvalue weighted by Crippen LogP contribution is 2.42. The van der Waals surface area contributed by atoms with Gasteiger partial charge in [0.15, 0.2) is 17.5 Å². The second kappa shape index (κ2) is 13.0. The lowest BCUT2D eigenvalue weighted by Gasteiger charge is -2.10. The van der Waals surface area contributed by atoms with Crippen LogP contribution in [0.1, 0.15) is 0 Å². The maximum Gasteiger partial charge on any atom is 0.164 e. The van der Waals surface area contributed by atoms with Crippen molar-refractivity contribution in [1.29, 1.82) is 0 Å². The van der Waals surface area contributed by atoms with Crippen LogP contribution in [0.25, 0.3) is 106 Å². The molecule has 0 atom stereocenters. The zero-order valence-electron chi connectivity index (χ0n) is 30.0. The third-order valence-electron chi connectivity index (χ3n) is 10.5. The van der Waals surface area contributed by atoms with Crippen LogP contribution in [0.4, 0.5) is 0 Å². The fourth-order valence-corrected chi connectivity index (χ4v) is 7.85. The first-order valence-corrected chi connectivity index (χ1v) is 18.6. The van der Waals surface area contributed by atoms with Crippen LogP contribution in [0.5, 0.6) is 0 Å². The number of rotatable bonds is 6. The number of aromatic nitrogens is 5. The van der Waals surface area contributed by atoms with Crippen LogP contribution < -0.4 is 0 Å². The van der Waals surface area contributed by atoms with E-state index in [1.165, 1.54) is 0 Å². The van der Waals surface area contributed by atoms with Gasteiger partial charge in [-0.3, -0.25) is 4.98 Å². The van der Waals surface area contributed by atoms with Crippen molar-refractivity contribution in [3.63, 3.8) is 0 Å². The lowest BCUT2D eigenvalue weighted by Crippen LogP contribution is -2.00. The van der Waals surface area contributed by atoms with Gasteiger partial charge in [0.1, 0.15) is 11.2 Å². The Morgan fingerprint density at radius 1 is 0.393 bits per heavy atom. The van der Waals surface area contributed by atoms with Crippen molar-refractivity contribution >= 4 is 43.7 Å². The van der Waals surface area contributed by atoms with Crippen LogP contribution in [0, 0.1) is 0 Å². The molecular formula is C50H31N5O. The van der Waals surface area contributed by atoms with Crippen molar-refractivity contribution in [3.8, 4) is 62.1 Å². The van der Waals surface area contributed by atoms with E-state index in [-0.39, 0.29) is 0 Å². The van der Waals surface area contributed by atoms with Crippen LogP contribution in [-0.4, -0.2) is 24.5 Å². The molecule has 0 radical (unpaired) electrons. The smallest absolute Gasteiger partial charge is 0.164 e. The molecule has 0 saturated carbocycles. The largest absolute Gasteiger partial charge is 0.455 e. The van der Waals surface area contributed by atoms with E-state index in [2.05, 4.69) is 125 Å².